The van der Waals surface area contributed by atoms with Gasteiger partial charge in [0.2, 0.25) is 0 Å². The van der Waals surface area contributed by atoms with Crippen LogP contribution in [0.25, 0.3) is 0 Å². The lowest BCUT2D eigenvalue weighted by molar-refractivity contribution is 0.194. The molecule has 3 rings (SSSR count). The van der Waals surface area contributed by atoms with Gasteiger partial charge in [0.15, 0.2) is 0 Å². The Bertz CT molecular complexity index is 650. The summed E-state index contributed by atoms with van der Waals surface area (Å²) < 4.78 is 5.19. The molecule has 1 aliphatic heterocycles. The minimum atomic E-state index is 0.00762. The smallest absolute Gasteiger partial charge is 0.317 e. The number of benzene rings is 2. The highest BCUT2D eigenvalue weighted by molar-refractivity contribution is 5.74. The molecule has 1 N–H and O–H groups in total. The van der Waals surface area contributed by atoms with Crippen molar-refractivity contribution in [2.75, 3.05) is 38.2 Å². The topological polar surface area (TPSA) is 44.8 Å². The molecule has 0 radical (unpaired) electrons. The molecule has 0 unspecified atom stereocenters. The number of urea groups is 1. The number of piperazine rings is 1. The van der Waals surface area contributed by atoms with Crippen LogP contribution in [0.5, 0.6) is 5.75 Å². The summed E-state index contributed by atoms with van der Waals surface area (Å²) in [7, 11) is 1.67. The molecule has 1 aliphatic rings. The van der Waals surface area contributed by atoms with Gasteiger partial charge in [0, 0.05) is 38.4 Å². The molecule has 0 saturated carbocycles. The molecule has 0 aromatic heterocycles. The number of anilines is 1. The van der Waals surface area contributed by atoms with Crippen molar-refractivity contribution in [2.45, 2.75) is 6.54 Å². The molecular formula is C19H23N3O2. The van der Waals surface area contributed by atoms with E-state index >= 15 is 0 Å². The van der Waals surface area contributed by atoms with Crippen molar-refractivity contribution < 1.29 is 9.53 Å². The number of methoxy groups -OCH3 is 1. The number of nitrogens with zero attached hydrogens (tertiary/aromatic N) is 2. The van der Waals surface area contributed by atoms with Crippen LogP contribution in [-0.4, -0.2) is 44.2 Å². The second kappa shape index (κ2) is 7.73. The normalized spacial score (nSPS) is 14.4. The number of nitrogens with one attached hydrogen (secondary N) is 1. The summed E-state index contributed by atoms with van der Waals surface area (Å²) in [4.78, 5) is 16.4. The zero-order valence-corrected chi connectivity index (χ0v) is 13.9. The Morgan fingerprint density at radius 3 is 2.29 bits per heavy atom. The number of hydrogen-bond acceptors (Lipinski definition) is 3. The van der Waals surface area contributed by atoms with Crippen LogP contribution >= 0.6 is 0 Å². The summed E-state index contributed by atoms with van der Waals surface area (Å²) in [6.07, 6.45) is 0. The van der Waals surface area contributed by atoms with E-state index in [-0.39, 0.29) is 6.03 Å². The minimum absolute atomic E-state index is 0.00762. The van der Waals surface area contributed by atoms with Crippen molar-refractivity contribution >= 4 is 11.7 Å². The second-order valence-corrected chi connectivity index (χ2v) is 5.82. The van der Waals surface area contributed by atoms with Crippen LogP contribution in [0.2, 0.25) is 0 Å². The largest absolute Gasteiger partial charge is 0.497 e. The van der Waals surface area contributed by atoms with E-state index in [1.54, 1.807) is 7.11 Å². The quantitative estimate of drug-likeness (QED) is 0.940. The molecule has 0 atom stereocenters. The van der Waals surface area contributed by atoms with Crippen molar-refractivity contribution in [3.05, 3.63) is 60.2 Å². The average Bonchev–Trinajstić information content (AvgIpc) is 2.67. The Kier molecular flexibility index (Phi) is 5.21. The molecule has 5 nitrogen and oxygen atoms in total. The third-order valence-corrected chi connectivity index (χ3v) is 4.29. The van der Waals surface area contributed by atoms with Crippen LogP contribution in [0.15, 0.2) is 54.6 Å². The van der Waals surface area contributed by atoms with E-state index in [2.05, 4.69) is 22.3 Å². The lowest BCUT2D eigenvalue weighted by Gasteiger charge is -2.36. The zero-order valence-electron chi connectivity index (χ0n) is 13.9. The molecular weight excluding hydrogens is 302 g/mol. The zero-order chi connectivity index (χ0) is 16.8. The maximum atomic E-state index is 12.3. The Balaban J connectivity index is 1.48. The molecule has 24 heavy (non-hydrogen) atoms. The van der Waals surface area contributed by atoms with Crippen LogP contribution in [0, 0.1) is 0 Å². The summed E-state index contributed by atoms with van der Waals surface area (Å²) in [6.45, 7) is 3.70. The summed E-state index contributed by atoms with van der Waals surface area (Å²) >= 11 is 0. The predicted molar refractivity (Wildman–Crippen MR) is 95.5 cm³/mol. The maximum Gasteiger partial charge on any atom is 0.317 e. The molecule has 0 aliphatic carbocycles. The first-order valence-corrected chi connectivity index (χ1v) is 8.22. The summed E-state index contributed by atoms with van der Waals surface area (Å²) in [6, 6.07) is 18.0. The van der Waals surface area contributed by atoms with Gasteiger partial charge in [-0.2, -0.15) is 0 Å². The molecule has 2 amide bonds. The van der Waals surface area contributed by atoms with Crippen LogP contribution < -0.4 is 15.0 Å². The molecule has 126 valence electrons. The van der Waals surface area contributed by atoms with Gasteiger partial charge < -0.3 is 19.9 Å². The standard InChI is InChI=1S/C19H23N3O2/c1-24-18-9-7-17(8-10-18)21-11-13-22(14-12-21)19(23)20-15-16-5-3-2-4-6-16/h2-10H,11-15H2,1H3,(H,20,23). The van der Waals surface area contributed by atoms with Crippen molar-refractivity contribution in [1.82, 2.24) is 10.2 Å². The minimum Gasteiger partial charge on any atom is -0.497 e. The number of ether oxygens (including phenoxy) is 1. The first-order valence-electron chi connectivity index (χ1n) is 8.22. The van der Waals surface area contributed by atoms with Gasteiger partial charge in [0.05, 0.1) is 7.11 Å². The van der Waals surface area contributed by atoms with E-state index in [0.717, 1.165) is 37.5 Å². The van der Waals surface area contributed by atoms with Crippen LogP contribution in [0.1, 0.15) is 5.56 Å². The predicted octanol–water partition coefficient (Wildman–Crippen LogP) is 2.73. The lowest BCUT2D eigenvalue weighted by atomic mass is 10.2. The Labute approximate surface area is 142 Å². The Hall–Kier alpha value is -2.69. The Morgan fingerprint density at radius 1 is 1.00 bits per heavy atom. The molecule has 5 heteroatoms. The van der Waals surface area contributed by atoms with Crippen LogP contribution in [0.4, 0.5) is 10.5 Å². The molecule has 1 heterocycles. The van der Waals surface area contributed by atoms with Crippen LogP contribution in [-0.2, 0) is 6.54 Å². The first kappa shape index (κ1) is 16.2. The summed E-state index contributed by atoms with van der Waals surface area (Å²) in [5.74, 6) is 0.859. The van der Waals surface area contributed by atoms with E-state index in [1.807, 2.05) is 47.4 Å². The fraction of sp³-hybridized carbons (Fsp3) is 0.316. The highest BCUT2D eigenvalue weighted by Crippen LogP contribution is 2.20. The monoisotopic (exact) mass is 325 g/mol. The van der Waals surface area contributed by atoms with Crippen molar-refractivity contribution in [3.8, 4) is 5.75 Å². The third-order valence-electron chi connectivity index (χ3n) is 4.29. The maximum absolute atomic E-state index is 12.3. The second-order valence-electron chi connectivity index (χ2n) is 5.82. The number of hydrogen-bond donors (Lipinski definition) is 1. The first-order chi connectivity index (χ1) is 11.8. The lowest BCUT2D eigenvalue weighted by Crippen LogP contribution is -2.51. The van der Waals surface area contributed by atoms with E-state index < -0.39 is 0 Å². The van der Waals surface area contributed by atoms with E-state index in [1.165, 1.54) is 5.69 Å². The van der Waals surface area contributed by atoms with Crippen molar-refractivity contribution in [1.29, 1.82) is 0 Å². The van der Waals surface area contributed by atoms with Gasteiger partial charge in [-0.15, -0.1) is 0 Å². The summed E-state index contributed by atoms with van der Waals surface area (Å²) in [5.41, 5.74) is 2.28. The third kappa shape index (κ3) is 3.98. The van der Waals surface area contributed by atoms with Gasteiger partial charge in [-0.25, -0.2) is 4.79 Å². The number of amides is 2. The molecule has 0 bridgehead atoms. The van der Waals surface area contributed by atoms with Gasteiger partial charge in [-0.1, -0.05) is 30.3 Å². The SMILES string of the molecule is COc1ccc(N2CCN(C(=O)NCc3ccccc3)CC2)cc1. The number of carbonyl (C=O) groups is 1. The fourth-order valence-electron chi connectivity index (χ4n) is 2.85. The fourth-order valence-corrected chi connectivity index (χ4v) is 2.85. The molecule has 0 spiro atoms. The van der Waals surface area contributed by atoms with Gasteiger partial charge in [0.25, 0.3) is 0 Å². The van der Waals surface area contributed by atoms with Crippen molar-refractivity contribution in [2.24, 2.45) is 0 Å². The van der Waals surface area contributed by atoms with Crippen molar-refractivity contribution in [3.63, 3.8) is 0 Å². The molecule has 2 aromatic carbocycles. The molecule has 1 saturated heterocycles. The van der Waals surface area contributed by atoms with Gasteiger partial charge in [0.1, 0.15) is 5.75 Å². The van der Waals surface area contributed by atoms with Gasteiger partial charge >= 0.3 is 6.03 Å². The van der Waals surface area contributed by atoms with E-state index in [9.17, 15) is 4.79 Å². The van der Waals surface area contributed by atoms with E-state index in [0.29, 0.717) is 6.54 Å². The highest BCUT2D eigenvalue weighted by Gasteiger charge is 2.21. The highest BCUT2D eigenvalue weighted by atomic mass is 16.5. The van der Waals surface area contributed by atoms with Gasteiger partial charge in [-0.05, 0) is 29.8 Å². The average molecular weight is 325 g/mol. The van der Waals surface area contributed by atoms with E-state index in [4.69, 9.17) is 4.74 Å². The summed E-state index contributed by atoms with van der Waals surface area (Å²) in [5, 5.41) is 2.99. The number of rotatable bonds is 4. The van der Waals surface area contributed by atoms with Gasteiger partial charge in [-0.3, -0.25) is 0 Å². The Morgan fingerprint density at radius 2 is 1.67 bits per heavy atom. The molecule has 1 fully saturated rings. The molecule has 2 aromatic rings. The van der Waals surface area contributed by atoms with Crippen LogP contribution in [0.3, 0.4) is 0 Å². The number of carbonyl (C=O) groups excluding carboxylic acids is 1.